The standard InChI is InChI=1S/C60H109NO5/c1-4-7-10-13-16-19-22-25-28-29-32-34-37-40-43-46-49-52-58(63)57(55-62)61-59(64)54-56(51-48-45-42-39-36-33-30-26-23-20-17-14-11-8-5-2)66-60(65)53-50-47-44-41-38-35-31-27-24-21-18-15-12-9-6-3/h9,12,15,17-18,20-21,24,26,30,56-58,62-63H,4-8,10-11,13-14,16,19,22-23,25,27-29,31-55H2,1-3H3,(H,61,64)/b12-9+,18-15+,20-17-,24-21+,30-26-. The summed E-state index contributed by atoms with van der Waals surface area (Å²) in [6.07, 6.45) is 67.1. The average molecular weight is 925 g/mol. The van der Waals surface area contributed by atoms with E-state index in [9.17, 15) is 19.8 Å². The molecule has 0 aliphatic rings. The molecule has 0 aromatic heterocycles. The number of hydrogen-bond acceptors (Lipinski definition) is 5. The van der Waals surface area contributed by atoms with E-state index in [0.717, 1.165) is 83.5 Å². The van der Waals surface area contributed by atoms with Crippen molar-refractivity contribution in [3.05, 3.63) is 60.8 Å². The summed E-state index contributed by atoms with van der Waals surface area (Å²) in [5.74, 6) is -0.494. The van der Waals surface area contributed by atoms with E-state index in [2.05, 4.69) is 86.8 Å². The van der Waals surface area contributed by atoms with E-state index in [1.54, 1.807) is 0 Å². The van der Waals surface area contributed by atoms with Gasteiger partial charge in [0.1, 0.15) is 6.10 Å². The monoisotopic (exact) mass is 924 g/mol. The maximum absolute atomic E-state index is 13.3. The molecule has 66 heavy (non-hydrogen) atoms. The number of unbranched alkanes of at least 4 members (excludes halogenated alkanes) is 31. The van der Waals surface area contributed by atoms with Crippen molar-refractivity contribution in [3.63, 3.8) is 0 Å². The molecule has 6 heteroatoms. The SMILES string of the molecule is CC/C=C/C=C/C=C/CCCCCCCCCC(=O)OC(CCCCCCC/C=C\C/C=C\CCCCC)CC(=O)NC(CO)C(O)CCCCCCCCCCCCCCCCCCC. The molecule has 0 aliphatic heterocycles. The molecule has 0 radical (unpaired) electrons. The number of amides is 1. The minimum Gasteiger partial charge on any atom is -0.462 e. The minimum atomic E-state index is -0.796. The van der Waals surface area contributed by atoms with Gasteiger partial charge in [-0.05, 0) is 77.0 Å². The zero-order valence-electron chi connectivity index (χ0n) is 43.8. The van der Waals surface area contributed by atoms with Crippen molar-refractivity contribution in [2.45, 2.75) is 302 Å². The summed E-state index contributed by atoms with van der Waals surface area (Å²) in [7, 11) is 0. The van der Waals surface area contributed by atoms with Gasteiger partial charge in [0.25, 0.3) is 0 Å². The smallest absolute Gasteiger partial charge is 0.306 e. The highest BCUT2D eigenvalue weighted by Gasteiger charge is 2.24. The first kappa shape index (κ1) is 63.6. The van der Waals surface area contributed by atoms with Crippen molar-refractivity contribution in [2.75, 3.05) is 6.61 Å². The van der Waals surface area contributed by atoms with Gasteiger partial charge in [-0.3, -0.25) is 9.59 Å². The van der Waals surface area contributed by atoms with Crippen molar-refractivity contribution in [3.8, 4) is 0 Å². The highest BCUT2D eigenvalue weighted by Crippen LogP contribution is 2.18. The predicted octanol–water partition coefficient (Wildman–Crippen LogP) is 17.6. The number of hydrogen-bond donors (Lipinski definition) is 3. The lowest BCUT2D eigenvalue weighted by atomic mass is 10.0. The first-order valence-electron chi connectivity index (χ1n) is 28.5. The zero-order chi connectivity index (χ0) is 48.1. The van der Waals surface area contributed by atoms with Crippen LogP contribution in [0.25, 0.3) is 0 Å². The maximum atomic E-state index is 13.3. The van der Waals surface area contributed by atoms with Crippen molar-refractivity contribution < 1.29 is 24.5 Å². The van der Waals surface area contributed by atoms with E-state index in [1.807, 2.05) is 0 Å². The third-order valence-electron chi connectivity index (χ3n) is 12.9. The molecule has 0 heterocycles. The summed E-state index contributed by atoms with van der Waals surface area (Å²) in [6.45, 7) is 6.35. The molecule has 0 bridgehead atoms. The zero-order valence-corrected chi connectivity index (χ0v) is 43.8. The van der Waals surface area contributed by atoms with E-state index < -0.39 is 18.2 Å². The molecule has 0 saturated heterocycles. The second-order valence-corrected chi connectivity index (χ2v) is 19.4. The number of aliphatic hydroxyl groups excluding tert-OH is 2. The topological polar surface area (TPSA) is 95.9 Å². The largest absolute Gasteiger partial charge is 0.462 e. The van der Waals surface area contributed by atoms with Gasteiger partial charge in [-0.1, -0.05) is 255 Å². The van der Waals surface area contributed by atoms with Crippen LogP contribution in [0.15, 0.2) is 60.8 Å². The Hall–Kier alpha value is -2.44. The second-order valence-electron chi connectivity index (χ2n) is 19.4. The van der Waals surface area contributed by atoms with Crippen molar-refractivity contribution in [2.24, 2.45) is 0 Å². The van der Waals surface area contributed by atoms with Crippen LogP contribution in [0, 0.1) is 0 Å². The number of rotatable bonds is 51. The van der Waals surface area contributed by atoms with Crippen molar-refractivity contribution in [1.82, 2.24) is 5.32 Å². The van der Waals surface area contributed by atoms with E-state index in [-0.39, 0.29) is 24.9 Å². The molecule has 384 valence electrons. The van der Waals surface area contributed by atoms with Crippen LogP contribution < -0.4 is 5.32 Å². The van der Waals surface area contributed by atoms with Gasteiger partial charge in [0.2, 0.25) is 5.91 Å². The summed E-state index contributed by atoms with van der Waals surface area (Å²) in [4.78, 5) is 26.3. The molecule has 3 atom stereocenters. The molecule has 0 aromatic carbocycles. The van der Waals surface area contributed by atoms with E-state index in [0.29, 0.717) is 19.3 Å². The van der Waals surface area contributed by atoms with Crippen molar-refractivity contribution >= 4 is 11.9 Å². The summed E-state index contributed by atoms with van der Waals surface area (Å²) in [5, 5.41) is 23.9. The number of carbonyl (C=O) groups excluding carboxylic acids is 2. The van der Waals surface area contributed by atoms with Crippen LogP contribution in [0.1, 0.15) is 284 Å². The normalized spacial score (nSPS) is 13.6. The summed E-state index contributed by atoms with van der Waals surface area (Å²) in [6, 6.07) is -0.711. The fraction of sp³-hybridized carbons (Fsp3) is 0.800. The number of aliphatic hydroxyl groups is 2. The predicted molar refractivity (Wildman–Crippen MR) is 287 cm³/mol. The number of nitrogens with one attached hydrogen (secondary N) is 1. The Labute approximate surface area is 409 Å². The minimum absolute atomic E-state index is 0.0628. The molecule has 0 rings (SSSR count). The third-order valence-corrected chi connectivity index (χ3v) is 12.9. The number of esters is 1. The summed E-state index contributed by atoms with van der Waals surface area (Å²) < 4.78 is 5.95. The van der Waals surface area contributed by atoms with E-state index in [4.69, 9.17) is 4.74 Å². The maximum Gasteiger partial charge on any atom is 0.306 e. The number of ether oxygens (including phenoxy) is 1. The molecule has 0 saturated carbocycles. The molecular weight excluding hydrogens is 815 g/mol. The Morgan fingerprint density at radius 1 is 0.470 bits per heavy atom. The first-order valence-corrected chi connectivity index (χ1v) is 28.5. The second kappa shape index (κ2) is 53.5. The molecule has 0 aromatic rings. The molecule has 0 aliphatic carbocycles. The number of carbonyl (C=O) groups is 2. The quantitative estimate of drug-likeness (QED) is 0.0244. The molecule has 3 N–H and O–H groups in total. The Morgan fingerprint density at radius 3 is 1.38 bits per heavy atom. The molecule has 0 fully saturated rings. The van der Waals surface area contributed by atoms with Gasteiger partial charge in [0.05, 0.1) is 25.2 Å². The van der Waals surface area contributed by atoms with Crippen LogP contribution in [0.2, 0.25) is 0 Å². The van der Waals surface area contributed by atoms with Crippen LogP contribution in [0.4, 0.5) is 0 Å². The molecule has 0 spiro atoms. The third kappa shape index (κ3) is 48.0. The van der Waals surface area contributed by atoms with Gasteiger partial charge in [0.15, 0.2) is 0 Å². The fourth-order valence-electron chi connectivity index (χ4n) is 8.58. The van der Waals surface area contributed by atoms with Crippen LogP contribution >= 0.6 is 0 Å². The fourth-order valence-corrected chi connectivity index (χ4v) is 8.58. The Bertz CT molecular complexity index is 1170. The lowest BCUT2D eigenvalue weighted by molar-refractivity contribution is -0.151. The summed E-state index contributed by atoms with van der Waals surface area (Å²) >= 11 is 0. The Kier molecular flexibility index (Phi) is 51.5. The molecular formula is C60H109NO5. The van der Waals surface area contributed by atoms with Crippen molar-refractivity contribution in [1.29, 1.82) is 0 Å². The average Bonchev–Trinajstić information content (AvgIpc) is 3.31. The first-order chi connectivity index (χ1) is 32.5. The van der Waals surface area contributed by atoms with Gasteiger partial charge < -0.3 is 20.3 Å². The number of allylic oxidation sites excluding steroid dienone is 10. The highest BCUT2D eigenvalue weighted by atomic mass is 16.5. The lowest BCUT2D eigenvalue weighted by Gasteiger charge is -2.24. The van der Waals surface area contributed by atoms with E-state index >= 15 is 0 Å². The van der Waals surface area contributed by atoms with E-state index in [1.165, 1.54) is 154 Å². The Morgan fingerprint density at radius 2 is 0.879 bits per heavy atom. The lowest BCUT2D eigenvalue weighted by Crippen LogP contribution is -2.46. The van der Waals surface area contributed by atoms with Gasteiger partial charge in [-0.2, -0.15) is 0 Å². The molecule has 3 unspecified atom stereocenters. The van der Waals surface area contributed by atoms with Gasteiger partial charge >= 0.3 is 5.97 Å². The van der Waals surface area contributed by atoms with Crippen LogP contribution in [-0.2, 0) is 14.3 Å². The van der Waals surface area contributed by atoms with Crippen LogP contribution in [0.5, 0.6) is 0 Å². The molecule has 6 nitrogen and oxygen atoms in total. The van der Waals surface area contributed by atoms with Gasteiger partial charge in [0, 0.05) is 6.42 Å². The van der Waals surface area contributed by atoms with Crippen LogP contribution in [0.3, 0.4) is 0 Å². The molecule has 1 amide bonds. The summed E-state index contributed by atoms with van der Waals surface area (Å²) in [5.41, 5.74) is 0. The van der Waals surface area contributed by atoms with Crippen LogP contribution in [-0.4, -0.2) is 46.9 Å². The van der Waals surface area contributed by atoms with Gasteiger partial charge in [-0.25, -0.2) is 0 Å². The van der Waals surface area contributed by atoms with Gasteiger partial charge in [-0.15, -0.1) is 0 Å². The Balaban J connectivity index is 4.56. The highest BCUT2D eigenvalue weighted by molar-refractivity contribution is 5.77.